The lowest BCUT2D eigenvalue weighted by molar-refractivity contribution is -0.140. The molecule has 2 amide bonds. The topological polar surface area (TPSA) is 86.8 Å². The molecule has 0 saturated heterocycles. The predicted molar refractivity (Wildman–Crippen MR) is 157 cm³/mol. The zero-order chi connectivity index (χ0) is 31.1. The molecule has 3 rings (SSSR count). The van der Waals surface area contributed by atoms with Gasteiger partial charge in [0.25, 0.3) is 0 Å². The number of nitrogens with one attached hydrogen (secondary N) is 1. The highest BCUT2D eigenvalue weighted by Gasteiger charge is 2.35. The van der Waals surface area contributed by atoms with E-state index >= 15 is 0 Å². The zero-order valence-electron chi connectivity index (χ0n) is 24.1. The van der Waals surface area contributed by atoms with E-state index < -0.39 is 46.2 Å². The first-order chi connectivity index (χ1) is 19.6. The lowest BCUT2D eigenvalue weighted by atomic mass is 10.0. The molecule has 226 valence electrons. The number of anilines is 1. The summed E-state index contributed by atoms with van der Waals surface area (Å²) < 4.78 is 66.6. The van der Waals surface area contributed by atoms with Crippen LogP contribution in [0.2, 0.25) is 0 Å². The molecule has 1 unspecified atom stereocenters. The maximum Gasteiger partial charge on any atom is 0.416 e. The van der Waals surface area contributed by atoms with Gasteiger partial charge in [-0.05, 0) is 42.2 Å². The van der Waals surface area contributed by atoms with E-state index in [1.165, 1.54) is 11.0 Å². The molecule has 3 aromatic rings. The Morgan fingerprint density at radius 1 is 0.905 bits per heavy atom. The Labute approximate surface area is 245 Å². The third kappa shape index (κ3) is 9.34. The van der Waals surface area contributed by atoms with Gasteiger partial charge >= 0.3 is 6.18 Å². The molecular formula is C31H36F3N3O4S. The van der Waals surface area contributed by atoms with Gasteiger partial charge in [-0.15, -0.1) is 0 Å². The number of amides is 2. The molecule has 0 saturated carbocycles. The molecule has 0 radical (unpaired) electrons. The van der Waals surface area contributed by atoms with Gasteiger partial charge in [0, 0.05) is 19.5 Å². The smallest absolute Gasteiger partial charge is 0.354 e. The summed E-state index contributed by atoms with van der Waals surface area (Å²) in [6, 6.07) is 19.2. The second kappa shape index (κ2) is 13.9. The Morgan fingerprint density at radius 2 is 1.55 bits per heavy atom. The van der Waals surface area contributed by atoms with Crippen LogP contribution in [-0.4, -0.2) is 50.5 Å². The average Bonchev–Trinajstić information content (AvgIpc) is 2.91. The monoisotopic (exact) mass is 603 g/mol. The molecule has 0 fully saturated rings. The predicted octanol–water partition coefficient (Wildman–Crippen LogP) is 5.19. The van der Waals surface area contributed by atoms with Crippen LogP contribution in [0.3, 0.4) is 0 Å². The fourth-order valence-corrected chi connectivity index (χ4v) is 5.28. The number of aryl methyl sites for hydroxylation is 1. The second-order valence-corrected chi connectivity index (χ2v) is 12.6. The Bertz CT molecular complexity index is 1480. The number of rotatable bonds is 12. The van der Waals surface area contributed by atoms with Crippen LogP contribution in [0.1, 0.15) is 36.1 Å². The molecule has 0 aliphatic heterocycles. The van der Waals surface area contributed by atoms with Crippen molar-refractivity contribution in [2.45, 2.75) is 46.0 Å². The lowest BCUT2D eigenvalue weighted by Gasteiger charge is -2.33. The highest BCUT2D eigenvalue weighted by molar-refractivity contribution is 7.92. The number of carbonyl (C=O) groups excluding carboxylic acids is 2. The van der Waals surface area contributed by atoms with E-state index in [9.17, 15) is 31.2 Å². The van der Waals surface area contributed by atoms with Crippen LogP contribution >= 0.6 is 0 Å². The van der Waals surface area contributed by atoms with E-state index in [1.807, 2.05) is 69.3 Å². The van der Waals surface area contributed by atoms with Gasteiger partial charge in [-0.3, -0.25) is 13.9 Å². The van der Waals surface area contributed by atoms with E-state index in [4.69, 9.17) is 0 Å². The molecule has 3 aromatic carbocycles. The molecule has 0 aliphatic carbocycles. The summed E-state index contributed by atoms with van der Waals surface area (Å²) in [5.41, 5.74) is 1.06. The third-order valence-electron chi connectivity index (χ3n) is 6.53. The molecule has 1 atom stereocenters. The number of sulfonamides is 1. The maximum atomic E-state index is 14.0. The van der Waals surface area contributed by atoms with E-state index in [2.05, 4.69) is 5.32 Å². The Hall–Kier alpha value is -3.86. The number of alkyl halides is 3. The van der Waals surface area contributed by atoms with Crippen molar-refractivity contribution in [2.75, 3.05) is 23.7 Å². The van der Waals surface area contributed by atoms with Crippen molar-refractivity contribution in [1.82, 2.24) is 10.2 Å². The Kier molecular flexibility index (Phi) is 10.8. The Balaban J connectivity index is 2.07. The lowest BCUT2D eigenvalue weighted by Crippen LogP contribution is -2.53. The largest absolute Gasteiger partial charge is 0.416 e. The summed E-state index contributed by atoms with van der Waals surface area (Å²) in [4.78, 5) is 28.9. The van der Waals surface area contributed by atoms with Crippen LogP contribution in [0, 0.1) is 12.8 Å². The van der Waals surface area contributed by atoms with Crippen molar-refractivity contribution < 1.29 is 31.2 Å². The van der Waals surface area contributed by atoms with E-state index in [1.54, 1.807) is 6.07 Å². The number of carbonyl (C=O) groups is 2. The van der Waals surface area contributed by atoms with Crippen LogP contribution in [-0.2, 0) is 38.8 Å². The minimum Gasteiger partial charge on any atom is -0.354 e. The van der Waals surface area contributed by atoms with Crippen molar-refractivity contribution in [1.29, 1.82) is 0 Å². The Morgan fingerprint density at radius 3 is 2.14 bits per heavy atom. The van der Waals surface area contributed by atoms with E-state index in [-0.39, 0.29) is 24.6 Å². The summed E-state index contributed by atoms with van der Waals surface area (Å²) in [6.45, 7) is 5.28. The van der Waals surface area contributed by atoms with Crippen LogP contribution in [0.4, 0.5) is 18.9 Å². The van der Waals surface area contributed by atoms with Crippen LogP contribution in [0.5, 0.6) is 0 Å². The first kappa shape index (κ1) is 32.7. The van der Waals surface area contributed by atoms with Gasteiger partial charge in [0.2, 0.25) is 21.8 Å². The molecular weight excluding hydrogens is 567 g/mol. The molecule has 0 spiro atoms. The summed E-state index contributed by atoms with van der Waals surface area (Å²) in [6.07, 6.45) is -3.75. The van der Waals surface area contributed by atoms with Gasteiger partial charge in [-0.25, -0.2) is 8.42 Å². The van der Waals surface area contributed by atoms with Gasteiger partial charge in [0.1, 0.15) is 12.6 Å². The van der Waals surface area contributed by atoms with Crippen molar-refractivity contribution >= 4 is 27.5 Å². The van der Waals surface area contributed by atoms with Gasteiger partial charge in [0.05, 0.1) is 17.5 Å². The van der Waals surface area contributed by atoms with Crippen molar-refractivity contribution in [3.8, 4) is 0 Å². The van der Waals surface area contributed by atoms with Gasteiger partial charge in [-0.2, -0.15) is 13.2 Å². The van der Waals surface area contributed by atoms with Crippen LogP contribution in [0.25, 0.3) is 0 Å². The highest BCUT2D eigenvalue weighted by atomic mass is 32.2. The standard InChI is InChI=1S/C31H36F3N3O4S/c1-22(2)19-35-30(39)28(17-24-11-6-5-7-12-24)36(20-25-13-8-10-23(3)16-25)29(38)21-37(42(4,40)41)27-15-9-14-26(18-27)31(32,33)34/h5-16,18,22,28H,17,19-21H2,1-4H3,(H,35,39). The zero-order valence-corrected chi connectivity index (χ0v) is 24.9. The molecule has 0 heterocycles. The number of hydrogen-bond acceptors (Lipinski definition) is 4. The minimum absolute atomic E-state index is 0.0205. The quantitative estimate of drug-likeness (QED) is 0.309. The molecule has 0 aromatic heterocycles. The fraction of sp³-hybridized carbons (Fsp3) is 0.355. The fourth-order valence-electron chi connectivity index (χ4n) is 4.43. The molecule has 0 aliphatic rings. The molecule has 11 heteroatoms. The molecule has 0 bridgehead atoms. The second-order valence-electron chi connectivity index (χ2n) is 10.7. The van der Waals surface area contributed by atoms with Gasteiger partial charge < -0.3 is 10.2 Å². The van der Waals surface area contributed by atoms with Crippen LogP contribution < -0.4 is 9.62 Å². The first-order valence-electron chi connectivity index (χ1n) is 13.5. The van der Waals surface area contributed by atoms with Gasteiger partial charge in [-0.1, -0.05) is 80.1 Å². The van der Waals surface area contributed by atoms with E-state index in [0.717, 1.165) is 29.5 Å². The van der Waals surface area contributed by atoms with Crippen LogP contribution in [0.15, 0.2) is 78.9 Å². The number of nitrogens with zero attached hydrogens (tertiary/aromatic N) is 2. The summed E-state index contributed by atoms with van der Waals surface area (Å²) >= 11 is 0. The maximum absolute atomic E-state index is 14.0. The van der Waals surface area contributed by atoms with Crippen molar-refractivity contribution in [2.24, 2.45) is 5.92 Å². The normalized spacial score (nSPS) is 12.6. The van der Waals surface area contributed by atoms with E-state index in [0.29, 0.717) is 22.5 Å². The third-order valence-corrected chi connectivity index (χ3v) is 7.67. The molecule has 7 nitrogen and oxygen atoms in total. The first-order valence-corrected chi connectivity index (χ1v) is 15.3. The summed E-state index contributed by atoms with van der Waals surface area (Å²) in [7, 11) is -4.20. The van der Waals surface area contributed by atoms with Gasteiger partial charge in [0.15, 0.2) is 0 Å². The van der Waals surface area contributed by atoms with Crippen molar-refractivity contribution in [3.05, 3.63) is 101 Å². The number of halogens is 3. The highest BCUT2D eigenvalue weighted by Crippen LogP contribution is 2.32. The SMILES string of the molecule is Cc1cccc(CN(C(=O)CN(c2cccc(C(F)(F)F)c2)S(C)(=O)=O)C(Cc2ccccc2)C(=O)NCC(C)C)c1. The number of benzene rings is 3. The molecule has 42 heavy (non-hydrogen) atoms. The summed E-state index contributed by atoms with van der Waals surface area (Å²) in [5.74, 6) is -1.02. The molecule has 1 N–H and O–H groups in total. The summed E-state index contributed by atoms with van der Waals surface area (Å²) in [5, 5.41) is 2.88. The van der Waals surface area contributed by atoms with Crippen molar-refractivity contribution in [3.63, 3.8) is 0 Å². The minimum atomic E-state index is -4.71. The average molecular weight is 604 g/mol. The number of hydrogen-bond donors (Lipinski definition) is 1.